The molecule has 0 aromatic carbocycles. The van der Waals surface area contributed by atoms with Crippen molar-refractivity contribution in [2.75, 3.05) is 0 Å². The molecule has 0 saturated heterocycles. The van der Waals surface area contributed by atoms with Gasteiger partial charge in [0.25, 0.3) is 0 Å². The van der Waals surface area contributed by atoms with Gasteiger partial charge in [0.1, 0.15) is 0 Å². The normalized spacial score (nSPS) is 8.60. The molecule has 10 N–H and O–H groups in total. The molecule has 0 fully saturated rings. The molecule has 0 aliphatic carbocycles. The molecule has 9 nitrogen and oxygen atoms in total. The Morgan fingerprint density at radius 3 is 0.733 bits per heavy atom. The maximum absolute atomic E-state index is 7.33. The molecule has 0 bridgehead atoms. The summed E-state index contributed by atoms with van der Waals surface area (Å²) in [6, 6.07) is 0. The predicted octanol–water partition coefficient (Wildman–Crippen LogP) is -7.98. The van der Waals surface area contributed by atoms with Crippen molar-refractivity contribution in [1.82, 2.24) is 0 Å². The van der Waals surface area contributed by atoms with E-state index in [1.807, 2.05) is 0 Å². The Labute approximate surface area is 122 Å². The van der Waals surface area contributed by atoms with E-state index in [0.717, 1.165) is 0 Å². The van der Waals surface area contributed by atoms with Crippen LogP contribution in [0, 0.1) is 0 Å². The molecule has 0 aliphatic heterocycles. The van der Waals surface area contributed by atoms with Crippen LogP contribution in [0.4, 0.5) is 0 Å². The Morgan fingerprint density at radius 1 is 0.733 bits per heavy atom. The summed E-state index contributed by atoms with van der Waals surface area (Å²) in [5.74, 6) is 0. The van der Waals surface area contributed by atoms with Gasteiger partial charge in [-0.05, 0) is 10.2 Å². The van der Waals surface area contributed by atoms with Crippen LogP contribution in [-0.2, 0) is 0 Å². The fourth-order valence-corrected chi connectivity index (χ4v) is 0. The van der Waals surface area contributed by atoms with Crippen molar-refractivity contribution in [2.24, 2.45) is 0 Å². The van der Waals surface area contributed by atoms with Crippen LogP contribution in [0.3, 0.4) is 0 Å². The molecule has 0 saturated carbocycles. The van der Waals surface area contributed by atoms with Crippen molar-refractivity contribution in [3.05, 3.63) is 0 Å². The van der Waals surface area contributed by atoms with Crippen molar-refractivity contribution in [3.8, 4) is 0 Å². The minimum atomic E-state index is -4.61. The van der Waals surface area contributed by atoms with Crippen LogP contribution in [-0.4, -0.2) is 113 Å². The predicted molar refractivity (Wildman–Crippen MR) is 66.6 cm³/mol. The van der Waals surface area contributed by atoms with Crippen LogP contribution in [0.1, 0.15) is 2.85 Å². The average molecular weight is 313 g/mol. The first-order valence-electron chi connectivity index (χ1n) is 2.79. The average Bonchev–Trinajstić information content (AvgIpc) is 1.59. The second kappa shape index (κ2) is 18.0. The molecule has 0 aromatic heterocycles. The molecular weight excluding hydrogens is 292 g/mol. The van der Waals surface area contributed by atoms with E-state index in [-0.39, 0.29) is 48.7 Å². The molecule has 96 valence electrons. The van der Waals surface area contributed by atoms with Crippen LogP contribution < -0.4 is 0 Å². The van der Waals surface area contributed by atoms with Crippen molar-refractivity contribution in [1.29, 1.82) is 0 Å². The molecular formula is CH21AlMgO9Si3. The third-order valence-electron chi connectivity index (χ3n) is 0. The number of rotatable bonds is 0. The van der Waals surface area contributed by atoms with Gasteiger partial charge < -0.3 is 46.7 Å². The van der Waals surface area contributed by atoms with E-state index >= 15 is 0 Å². The van der Waals surface area contributed by atoms with Gasteiger partial charge in [0, 0.05) is 0 Å². The van der Waals surface area contributed by atoms with E-state index in [4.69, 9.17) is 38.4 Å². The molecule has 0 spiro atoms. The summed E-state index contributed by atoms with van der Waals surface area (Å²) < 4.78 is 0. The zero-order valence-corrected chi connectivity index (χ0v) is 13.2. The Bertz CT molecular complexity index is 77.2. The van der Waals surface area contributed by atoms with Gasteiger partial charge in [-0.3, -0.25) is 0 Å². The van der Waals surface area contributed by atoms with Crippen molar-refractivity contribution in [3.63, 3.8) is 0 Å². The maximum Gasteiger partial charge on any atom is 2.00 e. The van der Waals surface area contributed by atoms with Crippen LogP contribution in [0.2, 0.25) is 6.55 Å². The summed E-state index contributed by atoms with van der Waals surface area (Å²) in [4.78, 5) is 58.6. The maximum atomic E-state index is 7.33. The minimum absolute atomic E-state index is 0. The summed E-state index contributed by atoms with van der Waals surface area (Å²) in [6.07, 6.45) is 0. The zero-order chi connectivity index (χ0) is 11.0. The smallest absolute Gasteiger partial charge is 1.00 e. The molecule has 14 heteroatoms. The molecule has 15 heavy (non-hydrogen) atoms. The molecule has 0 unspecified atom stereocenters. The first-order valence-corrected chi connectivity index (χ1v) is 8.37. The van der Waals surface area contributed by atoms with Gasteiger partial charge in [-0.1, -0.05) is 6.55 Å². The van der Waals surface area contributed by atoms with Gasteiger partial charge in [-0.2, -0.15) is 0 Å². The molecule has 0 heterocycles. The molecule has 0 amide bonds. The monoisotopic (exact) mass is 312 g/mol. The molecule has 0 radical (unpaired) electrons. The molecule has 0 atom stereocenters. The van der Waals surface area contributed by atoms with E-state index in [2.05, 4.69) is 6.55 Å². The summed E-state index contributed by atoms with van der Waals surface area (Å²) in [5.41, 5.74) is 0. The molecule has 0 aromatic rings. The van der Waals surface area contributed by atoms with Crippen LogP contribution in [0.25, 0.3) is 0 Å². The Balaban J connectivity index is -0.0000000110. The largest absolute Gasteiger partial charge is 2.00 e. The van der Waals surface area contributed by atoms with E-state index in [1.54, 1.807) is 0 Å². The van der Waals surface area contributed by atoms with Gasteiger partial charge in [0.05, 0.1) is 0 Å². The van der Waals surface area contributed by atoms with E-state index in [9.17, 15) is 0 Å². The third-order valence-corrected chi connectivity index (χ3v) is 0. The minimum Gasteiger partial charge on any atom is -1.00 e. The molecule has 0 rings (SSSR count). The standard InChI is InChI=1S/CH6Si.Al.Mg.2H4O4Si.H2O.5H/c1-2;;;2*1-5(2,3)4;;;;;;/h1-2H3;;;2*1-4H;1H2;;;;;/q;;+2;;;;;;;2*-1. The van der Waals surface area contributed by atoms with Gasteiger partial charge in [-0.25, -0.2) is 0 Å². The number of hydrogen-bond acceptors (Lipinski definition) is 8. The van der Waals surface area contributed by atoms with Gasteiger partial charge in [0.2, 0.25) is 0 Å². The number of hydrogen-bond donors (Lipinski definition) is 8. The van der Waals surface area contributed by atoms with Crippen molar-refractivity contribution in [2.45, 2.75) is 6.55 Å². The van der Waals surface area contributed by atoms with E-state index in [0.29, 0.717) is 0 Å². The van der Waals surface area contributed by atoms with Crippen LogP contribution in [0.15, 0.2) is 0 Å². The van der Waals surface area contributed by atoms with Crippen LogP contribution >= 0.6 is 0 Å². The summed E-state index contributed by atoms with van der Waals surface area (Å²) in [7, 11) is -7.92. The SMILES string of the molecule is C[SiH3].O.O[Si](O)(O)O.O[Si](O)(O)O.[AlH3].[H-].[H-].[Mg+2]. The Morgan fingerprint density at radius 2 is 0.733 bits per heavy atom. The first kappa shape index (κ1) is 36.0. The fourth-order valence-electron chi connectivity index (χ4n) is 0. The summed E-state index contributed by atoms with van der Waals surface area (Å²) in [6.45, 7) is 2.14. The Kier molecular flexibility index (Phi) is 43.1. The zero-order valence-electron chi connectivity index (χ0n) is 9.78. The summed E-state index contributed by atoms with van der Waals surface area (Å²) in [5, 5.41) is 0. The fraction of sp³-hybridized carbons (Fsp3) is 1.00. The topological polar surface area (TPSA) is 193 Å². The van der Waals surface area contributed by atoms with Crippen LogP contribution in [0.5, 0.6) is 0 Å². The van der Waals surface area contributed by atoms with Crippen molar-refractivity contribution >= 4 is 68.8 Å². The quantitative estimate of drug-likeness (QED) is 0.202. The second-order valence-corrected chi connectivity index (χ2v) is 3.60. The van der Waals surface area contributed by atoms with E-state index < -0.39 is 18.1 Å². The van der Waals surface area contributed by atoms with Crippen molar-refractivity contribution < 1.29 is 46.7 Å². The second-order valence-electron chi connectivity index (χ2n) is 1.20. The van der Waals surface area contributed by atoms with Gasteiger partial charge in [-0.15, -0.1) is 0 Å². The van der Waals surface area contributed by atoms with Gasteiger partial charge >= 0.3 is 41.1 Å². The van der Waals surface area contributed by atoms with E-state index in [1.165, 1.54) is 10.2 Å². The Hall–Kier alpha value is 1.59. The molecule has 0 aliphatic rings. The van der Waals surface area contributed by atoms with Gasteiger partial charge in [0.15, 0.2) is 17.4 Å². The summed E-state index contributed by atoms with van der Waals surface area (Å²) >= 11 is 0. The first-order chi connectivity index (χ1) is 5.00. The third kappa shape index (κ3) is 1140.